The third-order valence-electron chi connectivity index (χ3n) is 9.48. The molecule has 4 aromatic rings. The lowest BCUT2D eigenvalue weighted by molar-refractivity contribution is -0.114. The number of hydrogen-bond donors (Lipinski definition) is 1. The van der Waals surface area contributed by atoms with Gasteiger partial charge in [-0.2, -0.15) is 10.2 Å². The molecular formula is C42H52N5O9P. The lowest BCUT2D eigenvalue weighted by Gasteiger charge is -2.39. The minimum atomic E-state index is -1.79. The Morgan fingerprint density at radius 2 is 1.49 bits per heavy atom. The van der Waals surface area contributed by atoms with E-state index in [0.29, 0.717) is 11.5 Å². The standard InChI is InChI=1S/C42H52N5O9P/c1-28(2)47(29(3)4)57(54-26-12-24-43)56-38-36(55-40(39(38)52-8)46-25-23-37(44-30(5)48)45-41(46)49)27-53-42(31-13-10-9-11-14-31,32-15-19-34(50-6)20-16-32)33-17-21-35(51-7)22-18-33/h9-11,13-23,25,28-29,36,38-40H,12,26-27H2,1-8H3,(H,44,45,48,49)/t36-,38-,39-,40-,57-/m1/s1. The molecule has 1 amide bonds. The van der Waals surface area contributed by atoms with Crippen LogP contribution in [0, 0.1) is 11.3 Å². The van der Waals surface area contributed by atoms with Crippen molar-refractivity contribution in [1.29, 1.82) is 5.26 Å². The van der Waals surface area contributed by atoms with Crippen molar-refractivity contribution in [2.24, 2.45) is 0 Å². The Morgan fingerprint density at radius 1 is 0.912 bits per heavy atom. The summed E-state index contributed by atoms with van der Waals surface area (Å²) in [4.78, 5) is 29.4. The van der Waals surface area contributed by atoms with Crippen molar-refractivity contribution in [3.63, 3.8) is 0 Å². The number of aromatic nitrogens is 2. The molecule has 0 spiro atoms. The number of carbonyl (C=O) groups is 1. The zero-order chi connectivity index (χ0) is 41.1. The van der Waals surface area contributed by atoms with Crippen LogP contribution in [0.2, 0.25) is 0 Å². The van der Waals surface area contributed by atoms with Crippen LogP contribution in [0.4, 0.5) is 5.82 Å². The van der Waals surface area contributed by atoms with Crippen molar-refractivity contribution >= 4 is 20.3 Å². The van der Waals surface area contributed by atoms with Crippen LogP contribution in [0.15, 0.2) is 95.9 Å². The molecule has 14 nitrogen and oxygen atoms in total. The van der Waals surface area contributed by atoms with Gasteiger partial charge in [0.1, 0.15) is 41.2 Å². The Labute approximate surface area is 335 Å². The topological polar surface area (TPSA) is 156 Å². The molecule has 0 bridgehead atoms. The van der Waals surface area contributed by atoms with Gasteiger partial charge < -0.3 is 38.0 Å². The van der Waals surface area contributed by atoms with Gasteiger partial charge in [-0.15, -0.1) is 0 Å². The molecule has 1 aliphatic heterocycles. The molecule has 1 aromatic heterocycles. The average molecular weight is 802 g/mol. The number of rotatable bonds is 19. The largest absolute Gasteiger partial charge is 0.497 e. The molecule has 1 N–H and O–H groups in total. The van der Waals surface area contributed by atoms with Crippen LogP contribution < -0.4 is 20.5 Å². The second-order valence-corrected chi connectivity index (χ2v) is 15.3. The minimum Gasteiger partial charge on any atom is -0.497 e. The van der Waals surface area contributed by atoms with E-state index in [1.54, 1.807) is 14.2 Å². The number of carbonyl (C=O) groups excluding carboxylic acids is 1. The molecular weight excluding hydrogens is 749 g/mol. The number of nitriles is 1. The Kier molecular flexibility index (Phi) is 15.3. The van der Waals surface area contributed by atoms with E-state index in [1.165, 1.54) is 30.9 Å². The number of benzene rings is 3. The predicted molar refractivity (Wildman–Crippen MR) is 216 cm³/mol. The highest BCUT2D eigenvalue weighted by molar-refractivity contribution is 7.44. The fourth-order valence-electron chi connectivity index (χ4n) is 6.98. The van der Waals surface area contributed by atoms with Crippen LogP contribution in [0.1, 0.15) is 64.0 Å². The lowest BCUT2D eigenvalue weighted by Crippen LogP contribution is -2.43. The zero-order valence-corrected chi connectivity index (χ0v) is 34.6. The summed E-state index contributed by atoms with van der Waals surface area (Å²) in [7, 11) is 2.97. The number of nitrogens with zero attached hydrogens (tertiary/aromatic N) is 4. The molecule has 1 aliphatic rings. The summed E-state index contributed by atoms with van der Waals surface area (Å²) in [6.07, 6.45) is -1.90. The monoisotopic (exact) mass is 801 g/mol. The SMILES string of the molecule is COc1ccc(C(OC[C@H]2O[C@@H](n3ccc(NC(C)=O)nc3=O)[C@H](OC)[C@@H]2O[P@@](OCCC#N)N(C(C)C)C(C)C)(c2ccccc2)c2ccc(OC)cc2)cc1. The van der Waals surface area contributed by atoms with Crippen molar-refractivity contribution < 1.29 is 37.5 Å². The summed E-state index contributed by atoms with van der Waals surface area (Å²) in [5.41, 5.74) is 0.622. The molecule has 57 heavy (non-hydrogen) atoms. The normalized spacial score (nSPS) is 18.8. The van der Waals surface area contributed by atoms with Gasteiger partial charge >= 0.3 is 5.69 Å². The fourth-order valence-corrected chi connectivity index (χ4v) is 8.75. The number of methoxy groups -OCH3 is 3. The number of hydrogen-bond acceptors (Lipinski definition) is 12. The van der Waals surface area contributed by atoms with Gasteiger partial charge in [-0.1, -0.05) is 54.6 Å². The van der Waals surface area contributed by atoms with Gasteiger partial charge in [-0.3, -0.25) is 9.36 Å². The first-order valence-corrected chi connectivity index (χ1v) is 19.9. The summed E-state index contributed by atoms with van der Waals surface area (Å²) >= 11 is 0. The van der Waals surface area contributed by atoms with Crippen molar-refractivity contribution in [1.82, 2.24) is 14.2 Å². The van der Waals surface area contributed by atoms with Gasteiger partial charge in [-0.05, 0) is 74.7 Å². The summed E-state index contributed by atoms with van der Waals surface area (Å²) in [6, 6.07) is 29.0. The van der Waals surface area contributed by atoms with Crippen molar-refractivity contribution in [2.45, 2.75) is 83.3 Å². The van der Waals surface area contributed by atoms with E-state index in [4.69, 9.17) is 32.7 Å². The van der Waals surface area contributed by atoms with Gasteiger partial charge in [0, 0.05) is 32.3 Å². The Morgan fingerprint density at radius 3 is 1.98 bits per heavy atom. The Balaban J connectivity index is 1.65. The van der Waals surface area contributed by atoms with Crippen LogP contribution in [-0.4, -0.2) is 85.1 Å². The maximum atomic E-state index is 13.6. The van der Waals surface area contributed by atoms with Gasteiger partial charge in [-0.25, -0.2) is 9.46 Å². The maximum Gasteiger partial charge on any atom is 0.351 e. The summed E-state index contributed by atoms with van der Waals surface area (Å²) in [5, 5.41) is 11.9. The van der Waals surface area contributed by atoms with Gasteiger partial charge in [0.15, 0.2) is 6.23 Å². The first kappa shape index (κ1) is 43.4. The number of nitrogens with one attached hydrogen (secondary N) is 1. The van der Waals surface area contributed by atoms with E-state index in [9.17, 15) is 14.9 Å². The molecule has 0 aliphatic carbocycles. The van der Waals surface area contributed by atoms with E-state index >= 15 is 0 Å². The molecule has 0 radical (unpaired) electrons. The molecule has 304 valence electrons. The van der Waals surface area contributed by atoms with Crippen molar-refractivity contribution in [2.75, 3.05) is 39.9 Å². The summed E-state index contributed by atoms with van der Waals surface area (Å²) in [6.45, 7) is 9.63. The first-order valence-electron chi connectivity index (χ1n) is 18.8. The van der Waals surface area contributed by atoms with Gasteiger partial charge in [0.05, 0.1) is 39.9 Å². The first-order chi connectivity index (χ1) is 27.5. The second-order valence-electron chi connectivity index (χ2n) is 13.9. The number of anilines is 1. The Bertz CT molecular complexity index is 1930. The van der Waals surface area contributed by atoms with Gasteiger partial charge in [0.2, 0.25) is 5.91 Å². The molecule has 2 heterocycles. The minimum absolute atomic E-state index is 0.0102. The smallest absolute Gasteiger partial charge is 0.351 e. The van der Waals surface area contributed by atoms with Gasteiger partial charge in [0.25, 0.3) is 8.53 Å². The highest BCUT2D eigenvalue weighted by Crippen LogP contribution is 2.51. The van der Waals surface area contributed by atoms with E-state index in [1.807, 2.05) is 78.9 Å². The molecule has 1 saturated heterocycles. The van der Waals surface area contributed by atoms with Crippen LogP contribution in [0.25, 0.3) is 0 Å². The fraction of sp³-hybridized carbons (Fsp3) is 0.429. The lowest BCUT2D eigenvalue weighted by atomic mass is 9.80. The van der Waals surface area contributed by atoms with E-state index < -0.39 is 44.4 Å². The molecule has 5 atom stereocenters. The third kappa shape index (κ3) is 10.1. The highest BCUT2D eigenvalue weighted by Gasteiger charge is 2.51. The van der Waals surface area contributed by atoms with E-state index in [0.717, 1.165) is 16.7 Å². The predicted octanol–water partition coefficient (Wildman–Crippen LogP) is 6.80. The molecule has 3 aromatic carbocycles. The zero-order valence-electron chi connectivity index (χ0n) is 33.7. The molecule has 0 saturated carbocycles. The number of ether oxygens (including phenoxy) is 5. The van der Waals surface area contributed by atoms with E-state index in [2.05, 4.69) is 48.7 Å². The molecule has 5 rings (SSSR count). The van der Waals surface area contributed by atoms with E-state index in [-0.39, 0.29) is 43.4 Å². The molecule has 15 heteroatoms. The van der Waals surface area contributed by atoms with Crippen LogP contribution >= 0.6 is 8.53 Å². The number of amides is 1. The molecule has 0 unspecified atom stereocenters. The maximum absolute atomic E-state index is 13.6. The van der Waals surface area contributed by atoms with Crippen LogP contribution in [0.5, 0.6) is 11.5 Å². The second kappa shape index (κ2) is 20.1. The summed E-state index contributed by atoms with van der Waals surface area (Å²) in [5.74, 6) is 1.11. The van der Waals surface area contributed by atoms with Crippen LogP contribution in [0.3, 0.4) is 0 Å². The third-order valence-corrected chi connectivity index (χ3v) is 11.6. The average Bonchev–Trinajstić information content (AvgIpc) is 3.54. The quantitative estimate of drug-likeness (QED) is 0.0602. The van der Waals surface area contributed by atoms with Crippen molar-refractivity contribution in [3.05, 3.63) is 118 Å². The molecule has 1 fully saturated rings. The van der Waals surface area contributed by atoms with Crippen LogP contribution in [-0.2, 0) is 33.7 Å². The van der Waals surface area contributed by atoms with Crippen molar-refractivity contribution in [3.8, 4) is 17.6 Å². The highest BCUT2D eigenvalue weighted by atomic mass is 31.2. The summed E-state index contributed by atoms with van der Waals surface area (Å²) < 4.78 is 48.0. The Hall–Kier alpha value is -4.71.